The van der Waals surface area contributed by atoms with Crippen molar-refractivity contribution in [3.63, 3.8) is 0 Å². The zero-order valence-corrected chi connectivity index (χ0v) is 11.0. The van der Waals surface area contributed by atoms with Gasteiger partial charge in [0.05, 0.1) is 24.0 Å². The van der Waals surface area contributed by atoms with Crippen LogP contribution in [-0.4, -0.2) is 44.2 Å². The maximum atomic E-state index is 12.4. The average Bonchev–Trinajstić information content (AvgIpc) is 3.02. The van der Waals surface area contributed by atoms with Crippen molar-refractivity contribution < 1.29 is 4.79 Å². The normalized spacial score (nSPS) is 19.4. The van der Waals surface area contributed by atoms with Crippen LogP contribution >= 0.6 is 11.7 Å². The second kappa shape index (κ2) is 5.41. The largest absolute Gasteiger partial charge is 0.328 e. The molecule has 1 aliphatic rings. The Morgan fingerprint density at radius 3 is 3.16 bits per heavy atom. The number of nitrogens with zero attached hydrogens (tertiary/aromatic N) is 4. The van der Waals surface area contributed by atoms with E-state index >= 15 is 0 Å². The molecule has 0 bridgehead atoms. The van der Waals surface area contributed by atoms with Gasteiger partial charge in [-0.15, -0.1) is 0 Å². The molecule has 98 valence electrons. The van der Waals surface area contributed by atoms with Crippen molar-refractivity contribution in [2.24, 2.45) is 0 Å². The maximum absolute atomic E-state index is 12.4. The fourth-order valence-electron chi connectivity index (χ4n) is 2.22. The van der Waals surface area contributed by atoms with E-state index in [1.54, 1.807) is 12.4 Å². The molecule has 1 fully saturated rings. The van der Waals surface area contributed by atoms with Gasteiger partial charge in [0, 0.05) is 32.0 Å². The number of carbonyl (C=O) groups is 1. The van der Waals surface area contributed by atoms with Crippen LogP contribution in [0.15, 0.2) is 30.7 Å². The third-order valence-electron chi connectivity index (χ3n) is 3.15. The van der Waals surface area contributed by atoms with E-state index in [0.717, 1.165) is 30.4 Å². The molecule has 19 heavy (non-hydrogen) atoms. The molecule has 0 spiro atoms. The molecule has 0 aromatic carbocycles. The lowest BCUT2D eigenvalue weighted by Gasteiger charge is -2.35. The van der Waals surface area contributed by atoms with Crippen LogP contribution in [-0.2, 0) is 0 Å². The average molecular weight is 275 g/mol. The van der Waals surface area contributed by atoms with Crippen LogP contribution in [0.4, 0.5) is 0 Å². The lowest BCUT2D eigenvalue weighted by atomic mass is 10.0. The SMILES string of the molecule is O=C(c1cnsn1)N1CCNCC1c1cccnc1. The molecule has 1 amide bonds. The van der Waals surface area contributed by atoms with E-state index in [1.165, 1.54) is 6.20 Å². The van der Waals surface area contributed by atoms with Gasteiger partial charge in [0.2, 0.25) is 0 Å². The predicted octanol–water partition coefficient (Wildman–Crippen LogP) is 0.720. The van der Waals surface area contributed by atoms with Gasteiger partial charge in [-0.25, -0.2) is 0 Å². The molecule has 1 atom stereocenters. The summed E-state index contributed by atoms with van der Waals surface area (Å²) in [6.45, 7) is 2.19. The Morgan fingerprint density at radius 1 is 1.47 bits per heavy atom. The Bertz CT molecular complexity index is 545. The minimum absolute atomic E-state index is 0.00310. The summed E-state index contributed by atoms with van der Waals surface area (Å²) in [6.07, 6.45) is 5.06. The fourth-order valence-corrected chi connectivity index (χ4v) is 2.63. The van der Waals surface area contributed by atoms with Crippen molar-refractivity contribution in [2.45, 2.75) is 6.04 Å². The Labute approximate surface area is 114 Å². The first-order chi connectivity index (χ1) is 9.36. The first-order valence-corrected chi connectivity index (χ1v) is 6.78. The maximum Gasteiger partial charge on any atom is 0.275 e. The molecule has 7 heteroatoms. The molecular weight excluding hydrogens is 262 g/mol. The fraction of sp³-hybridized carbons (Fsp3) is 0.333. The molecular formula is C12H13N5OS. The van der Waals surface area contributed by atoms with E-state index in [-0.39, 0.29) is 11.9 Å². The molecule has 0 aliphatic carbocycles. The Balaban J connectivity index is 1.87. The predicted molar refractivity (Wildman–Crippen MR) is 70.8 cm³/mol. The van der Waals surface area contributed by atoms with Gasteiger partial charge in [-0.2, -0.15) is 8.75 Å². The van der Waals surface area contributed by atoms with Crippen LogP contribution < -0.4 is 5.32 Å². The zero-order valence-electron chi connectivity index (χ0n) is 10.2. The lowest BCUT2D eigenvalue weighted by molar-refractivity contribution is 0.0629. The number of aromatic nitrogens is 3. The monoisotopic (exact) mass is 275 g/mol. The molecule has 3 heterocycles. The number of hydrogen-bond acceptors (Lipinski definition) is 6. The summed E-state index contributed by atoms with van der Waals surface area (Å²) in [5, 5.41) is 3.31. The lowest BCUT2D eigenvalue weighted by Crippen LogP contribution is -2.48. The zero-order chi connectivity index (χ0) is 13.1. The van der Waals surface area contributed by atoms with Crippen molar-refractivity contribution in [3.8, 4) is 0 Å². The van der Waals surface area contributed by atoms with Crippen LogP contribution in [0, 0.1) is 0 Å². The van der Waals surface area contributed by atoms with Crippen LogP contribution in [0.25, 0.3) is 0 Å². The van der Waals surface area contributed by atoms with E-state index < -0.39 is 0 Å². The van der Waals surface area contributed by atoms with Crippen molar-refractivity contribution in [1.82, 2.24) is 23.9 Å². The number of amides is 1. The number of rotatable bonds is 2. The van der Waals surface area contributed by atoms with E-state index in [1.807, 2.05) is 17.0 Å². The van der Waals surface area contributed by atoms with Crippen molar-refractivity contribution in [1.29, 1.82) is 0 Å². The highest BCUT2D eigenvalue weighted by molar-refractivity contribution is 6.99. The topological polar surface area (TPSA) is 71.0 Å². The van der Waals surface area contributed by atoms with Crippen molar-refractivity contribution in [2.75, 3.05) is 19.6 Å². The number of piperazine rings is 1. The highest BCUT2D eigenvalue weighted by Gasteiger charge is 2.29. The molecule has 2 aromatic rings. The van der Waals surface area contributed by atoms with E-state index in [0.29, 0.717) is 12.2 Å². The first-order valence-electron chi connectivity index (χ1n) is 6.05. The van der Waals surface area contributed by atoms with Crippen LogP contribution in [0.5, 0.6) is 0 Å². The quantitative estimate of drug-likeness (QED) is 0.874. The number of hydrogen-bond donors (Lipinski definition) is 1. The summed E-state index contributed by atoms with van der Waals surface area (Å²) in [4.78, 5) is 18.4. The number of carbonyl (C=O) groups excluding carboxylic acids is 1. The molecule has 0 saturated carbocycles. The molecule has 1 N–H and O–H groups in total. The Hall–Kier alpha value is -1.86. The first kappa shape index (κ1) is 12.2. The van der Waals surface area contributed by atoms with Gasteiger partial charge < -0.3 is 10.2 Å². The van der Waals surface area contributed by atoms with Gasteiger partial charge in [0.25, 0.3) is 5.91 Å². The molecule has 1 aliphatic heterocycles. The minimum atomic E-state index is -0.0656. The summed E-state index contributed by atoms with van der Waals surface area (Å²) in [6, 6.07) is 3.87. The van der Waals surface area contributed by atoms with Gasteiger partial charge in [0.15, 0.2) is 5.69 Å². The molecule has 6 nitrogen and oxygen atoms in total. The van der Waals surface area contributed by atoms with E-state index in [9.17, 15) is 4.79 Å². The van der Waals surface area contributed by atoms with Gasteiger partial charge in [-0.3, -0.25) is 9.78 Å². The molecule has 1 unspecified atom stereocenters. The Kier molecular flexibility index (Phi) is 3.47. The standard InChI is InChI=1S/C12H13N5OS/c18-12(10-7-15-19-16-10)17-5-4-14-8-11(17)9-2-1-3-13-6-9/h1-3,6-7,11,14H,4-5,8H2. The van der Waals surface area contributed by atoms with Gasteiger partial charge in [-0.05, 0) is 11.6 Å². The molecule has 2 aromatic heterocycles. The summed E-state index contributed by atoms with van der Waals surface area (Å²) in [5.41, 5.74) is 1.45. The van der Waals surface area contributed by atoms with E-state index in [4.69, 9.17) is 0 Å². The van der Waals surface area contributed by atoms with Crippen LogP contribution in [0.3, 0.4) is 0 Å². The van der Waals surface area contributed by atoms with Gasteiger partial charge in [0.1, 0.15) is 0 Å². The summed E-state index contributed by atoms with van der Waals surface area (Å²) in [5.74, 6) is -0.0656. The molecule has 0 radical (unpaired) electrons. The summed E-state index contributed by atoms with van der Waals surface area (Å²) < 4.78 is 7.91. The smallest absolute Gasteiger partial charge is 0.275 e. The van der Waals surface area contributed by atoms with Gasteiger partial charge >= 0.3 is 0 Å². The number of nitrogens with one attached hydrogen (secondary N) is 1. The van der Waals surface area contributed by atoms with Crippen LogP contribution in [0.2, 0.25) is 0 Å². The molecule has 1 saturated heterocycles. The van der Waals surface area contributed by atoms with Crippen molar-refractivity contribution in [3.05, 3.63) is 42.0 Å². The minimum Gasteiger partial charge on any atom is -0.328 e. The summed E-state index contributed by atoms with van der Waals surface area (Å²) in [7, 11) is 0. The molecule has 3 rings (SSSR count). The Morgan fingerprint density at radius 2 is 2.42 bits per heavy atom. The third-order valence-corrected chi connectivity index (χ3v) is 3.63. The second-order valence-electron chi connectivity index (χ2n) is 4.30. The number of pyridine rings is 1. The van der Waals surface area contributed by atoms with Crippen molar-refractivity contribution >= 4 is 17.6 Å². The van der Waals surface area contributed by atoms with Crippen LogP contribution in [0.1, 0.15) is 22.1 Å². The van der Waals surface area contributed by atoms with Gasteiger partial charge in [-0.1, -0.05) is 6.07 Å². The highest BCUT2D eigenvalue weighted by Crippen LogP contribution is 2.23. The van der Waals surface area contributed by atoms with E-state index in [2.05, 4.69) is 19.0 Å². The second-order valence-corrected chi connectivity index (χ2v) is 4.85. The highest BCUT2D eigenvalue weighted by atomic mass is 32.1. The third kappa shape index (κ3) is 2.47. The summed E-state index contributed by atoms with van der Waals surface area (Å²) >= 11 is 1.05.